The molecule has 2 aliphatic rings. The summed E-state index contributed by atoms with van der Waals surface area (Å²) in [7, 11) is 13.4. The normalized spacial score (nSPS) is 14.1. The van der Waals surface area contributed by atoms with Gasteiger partial charge in [-0.05, 0) is 153 Å². The number of nitrogens with zero attached hydrogens (tertiary/aromatic N) is 6. The van der Waals surface area contributed by atoms with Crippen LogP contribution in [-0.4, -0.2) is 85.8 Å². The summed E-state index contributed by atoms with van der Waals surface area (Å²) in [5, 5.41) is 0. The van der Waals surface area contributed by atoms with Crippen LogP contribution in [0.4, 0.5) is 11.4 Å². The summed E-state index contributed by atoms with van der Waals surface area (Å²) in [5.41, 5.74) is 10.3. The fraction of sp³-hybridized carbons (Fsp3) is 0.250. The van der Waals surface area contributed by atoms with Crippen LogP contribution in [0.2, 0.25) is 0 Å². The minimum Gasteiger partial charge on any atom is -0.357 e. The molecule has 1 unspecified atom stereocenters. The minimum atomic E-state index is 0.395. The van der Waals surface area contributed by atoms with Crippen LogP contribution in [0.5, 0.6) is 0 Å². The zero-order valence-electron chi connectivity index (χ0n) is 41.0. The van der Waals surface area contributed by atoms with Crippen molar-refractivity contribution in [3.05, 3.63) is 192 Å². The smallest absolute Gasteiger partial charge is 0.151 e. The van der Waals surface area contributed by atoms with Gasteiger partial charge in [0.15, 0.2) is 8.64 Å². The molecule has 0 bridgehead atoms. The first-order chi connectivity index (χ1) is 36.0. The molecular weight excluding hydrogens is 1140 g/mol. The number of likely N-dealkylation sites (tertiary alicyclic amines) is 2. The molecule has 18 heteroatoms. The highest BCUT2D eigenvalue weighted by molar-refractivity contribution is 8.90. The molecule has 0 aromatic heterocycles. The monoisotopic (exact) mass is 1200 g/mol. The standard InChI is InChI=1S/C56H56N6S12/c1-57(51(63)69-70-52(64)58(2)50-28-16-26-47(35-50)48-29-32-60(40-48)54(66)72-71-53(65)59-30-12-13-31-59)49-27-15-25-46(34-49)45-24-14-23-44(33-45)39-62(38-43-21-10-5-11-22-43)56(68)74-73-55(67)61(36-41-17-6-3-7-18-41)37-42-19-8-4-9-20-42/h3-11,14-28,33-35,48H,12-13,29-32,36-40H2,1-2H3. The first kappa shape index (κ1) is 56.9. The van der Waals surface area contributed by atoms with Crippen molar-refractivity contribution in [2.24, 2.45) is 0 Å². The molecule has 0 saturated carbocycles. The zero-order chi connectivity index (χ0) is 51.8. The van der Waals surface area contributed by atoms with Gasteiger partial charge in [0.1, 0.15) is 17.3 Å². The number of hydrogen-bond acceptors (Lipinski definition) is 12. The molecule has 1 atom stereocenters. The summed E-state index contributed by atoms with van der Waals surface area (Å²) in [4.78, 5) is 13.3. The largest absolute Gasteiger partial charge is 0.357 e. The average molecular weight is 1200 g/mol. The molecular formula is C56H56N6S12. The van der Waals surface area contributed by atoms with Gasteiger partial charge in [-0.2, -0.15) is 0 Å². The van der Waals surface area contributed by atoms with Gasteiger partial charge in [-0.15, -0.1) is 0 Å². The molecule has 0 amide bonds. The molecule has 6 aromatic rings. The third kappa shape index (κ3) is 16.6. The fourth-order valence-corrected chi connectivity index (χ4v) is 16.3. The van der Waals surface area contributed by atoms with Gasteiger partial charge in [-0.3, -0.25) is 0 Å². The summed E-state index contributed by atoms with van der Waals surface area (Å²) >= 11 is 35.9. The van der Waals surface area contributed by atoms with Crippen LogP contribution < -0.4 is 9.80 Å². The Morgan fingerprint density at radius 1 is 0.432 bits per heavy atom. The predicted octanol–water partition coefficient (Wildman–Crippen LogP) is 16.4. The molecule has 6 nitrogen and oxygen atoms in total. The Bertz CT molecular complexity index is 2850. The molecule has 2 fully saturated rings. The molecule has 0 aliphatic carbocycles. The summed E-state index contributed by atoms with van der Waals surface area (Å²) in [6.07, 6.45) is 3.49. The van der Waals surface area contributed by atoms with Gasteiger partial charge < -0.3 is 29.4 Å². The van der Waals surface area contributed by atoms with Crippen LogP contribution in [0.3, 0.4) is 0 Å². The number of benzene rings is 6. The van der Waals surface area contributed by atoms with Gasteiger partial charge in [-0.1, -0.05) is 207 Å². The first-order valence-electron chi connectivity index (χ1n) is 24.1. The van der Waals surface area contributed by atoms with E-state index in [4.69, 9.17) is 73.3 Å². The van der Waals surface area contributed by atoms with Crippen LogP contribution in [-0.2, 0) is 26.2 Å². The van der Waals surface area contributed by atoms with E-state index >= 15 is 0 Å². The van der Waals surface area contributed by atoms with Crippen LogP contribution in [0, 0.1) is 0 Å². The van der Waals surface area contributed by atoms with Gasteiger partial charge in [0, 0.05) is 83.7 Å². The summed E-state index contributed by atoms with van der Waals surface area (Å²) in [6, 6.07) is 57.5. The minimum absolute atomic E-state index is 0.395. The molecule has 6 aromatic carbocycles. The third-order valence-electron chi connectivity index (χ3n) is 12.7. The number of hydrogen-bond donors (Lipinski definition) is 0. The maximum absolute atomic E-state index is 6.22. The van der Waals surface area contributed by atoms with Crippen molar-refractivity contribution in [2.45, 2.75) is 51.4 Å². The van der Waals surface area contributed by atoms with E-state index in [1.165, 1.54) is 56.7 Å². The fourth-order valence-electron chi connectivity index (χ4n) is 8.58. The summed E-state index contributed by atoms with van der Waals surface area (Å²) < 4.78 is 4.88. The predicted molar refractivity (Wildman–Crippen MR) is 354 cm³/mol. The molecule has 0 radical (unpaired) electrons. The van der Waals surface area contributed by atoms with Crippen molar-refractivity contribution in [1.29, 1.82) is 0 Å². The maximum atomic E-state index is 6.22. The molecule has 2 heterocycles. The SMILES string of the molecule is CN(C(=S)SSC(=S)N(C)c1cccc(C2CCN(C(=S)SSC(=S)N3CCCC3)C2)c1)c1cccc(-c2cccc(CN(Cc3ccccc3)C(=S)SSC(=S)N(Cc3ccccc3)Cc3ccccc3)c2)c1. The van der Waals surface area contributed by atoms with Gasteiger partial charge in [0.2, 0.25) is 0 Å². The third-order valence-corrected chi connectivity index (χ3v) is 23.9. The van der Waals surface area contributed by atoms with E-state index in [1.54, 1.807) is 43.2 Å². The van der Waals surface area contributed by atoms with Crippen molar-refractivity contribution in [3.8, 4) is 11.1 Å². The van der Waals surface area contributed by atoms with Crippen LogP contribution in [0.1, 0.15) is 53.0 Å². The molecule has 8 rings (SSSR count). The lowest BCUT2D eigenvalue weighted by atomic mass is 9.98. The zero-order valence-corrected chi connectivity index (χ0v) is 50.8. The maximum Gasteiger partial charge on any atom is 0.151 e. The van der Waals surface area contributed by atoms with E-state index in [9.17, 15) is 0 Å². The van der Waals surface area contributed by atoms with E-state index in [-0.39, 0.29) is 0 Å². The van der Waals surface area contributed by atoms with Gasteiger partial charge in [-0.25, -0.2) is 0 Å². The van der Waals surface area contributed by atoms with Crippen molar-refractivity contribution in [1.82, 2.24) is 19.6 Å². The lowest BCUT2D eigenvalue weighted by molar-refractivity contribution is 0.421. The summed E-state index contributed by atoms with van der Waals surface area (Å²) in [6.45, 7) is 6.70. The van der Waals surface area contributed by atoms with Gasteiger partial charge in [0.05, 0.1) is 0 Å². The number of thiocarbonyl (C=S) groups is 6. The van der Waals surface area contributed by atoms with Crippen molar-refractivity contribution in [3.63, 3.8) is 0 Å². The molecule has 74 heavy (non-hydrogen) atoms. The molecule has 2 saturated heterocycles. The van der Waals surface area contributed by atoms with Crippen molar-refractivity contribution < 1.29 is 0 Å². The Labute approximate surface area is 494 Å². The average Bonchev–Trinajstić information content (AvgIpc) is 4.18. The molecule has 2 aliphatic heterocycles. The Kier molecular flexibility index (Phi) is 22.3. The number of anilines is 2. The van der Waals surface area contributed by atoms with Gasteiger partial charge in [0.25, 0.3) is 0 Å². The van der Waals surface area contributed by atoms with E-state index in [0.717, 1.165) is 82.3 Å². The lowest BCUT2D eigenvalue weighted by Gasteiger charge is -2.27. The van der Waals surface area contributed by atoms with Crippen molar-refractivity contribution in [2.75, 3.05) is 50.1 Å². The van der Waals surface area contributed by atoms with Crippen LogP contribution in [0.15, 0.2) is 164 Å². The van der Waals surface area contributed by atoms with Crippen LogP contribution >= 0.6 is 138 Å². The molecule has 0 N–H and O–H groups in total. The second kappa shape index (κ2) is 28.9. The van der Waals surface area contributed by atoms with E-state index in [2.05, 4.69) is 175 Å². The van der Waals surface area contributed by atoms with E-state index < -0.39 is 0 Å². The highest BCUT2D eigenvalue weighted by atomic mass is 33.1. The molecule has 0 spiro atoms. The lowest BCUT2D eigenvalue weighted by Crippen LogP contribution is -2.28. The second-order valence-corrected chi connectivity index (χ2v) is 28.0. The van der Waals surface area contributed by atoms with Crippen molar-refractivity contribution >= 4 is 175 Å². The Hall–Kier alpha value is -3.24. The van der Waals surface area contributed by atoms with Gasteiger partial charge >= 0.3 is 0 Å². The quantitative estimate of drug-likeness (QED) is 0.0856. The second-order valence-electron chi connectivity index (χ2n) is 17.9. The van der Waals surface area contributed by atoms with E-state index in [0.29, 0.717) is 36.4 Å². The topological polar surface area (TPSA) is 19.4 Å². The van der Waals surface area contributed by atoms with E-state index in [1.807, 2.05) is 32.3 Å². The van der Waals surface area contributed by atoms with Crippen LogP contribution in [0.25, 0.3) is 11.1 Å². The summed E-state index contributed by atoms with van der Waals surface area (Å²) in [5.74, 6) is 0.395. The Morgan fingerprint density at radius 2 is 0.851 bits per heavy atom. The highest BCUT2D eigenvalue weighted by Gasteiger charge is 2.28. The number of rotatable bonds is 12. The Balaban J connectivity index is 0.856. The Morgan fingerprint density at radius 3 is 1.38 bits per heavy atom. The molecule has 382 valence electrons. The highest BCUT2D eigenvalue weighted by Crippen LogP contribution is 2.38. The first-order valence-corrected chi connectivity index (χ1v) is 33.0.